The molecule has 0 spiro atoms. The number of carbonyl (C=O) groups excluding carboxylic acids is 1. The van der Waals surface area contributed by atoms with Gasteiger partial charge in [-0.25, -0.2) is 0 Å². The molecule has 126 valence electrons. The number of piperidine rings is 1. The predicted octanol–water partition coefficient (Wildman–Crippen LogP) is 3.44. The third-order valence-corrected chi connectivity index (χ3v) is 5.28. The van der Waals surface area contributed by atoms with Gasteiger partial charge in [-0.05, 0) is 36.5 Å². The molecule has 0 N–H and O–H groups in total. The molecule has 2 unspecified atom stereocenters. The molecule has 0 bridgehead atoms. The van der Waals surface area contributed by atoms with Gasteiger partial charge in [0.15, 0.2) is 11.5 Å². The maximum atomic E-state index is 12.5. The Morgan fingerprint density at radius 3 is 2.61 bits per heavy atom. The maximum Gasteiger partial charge on any atom is 0.232 e. The first-order valence-corrected chi connectivity index (χ1v) is 9.40. The average Bonchev–Trinajstić information content (AvgIpc) is 2.76. The quantitative estimate of drug-likeness (QED) is 0.793. The Hall–Kier alpha value is -1.36. The number of fused-ring (bicyclic) bond motifs is 1. The van der Waals surface area contributed by atoms with Crippen molar-refractivity contribution in [3.63, 3.8) is 0 Å². The second-order valence-corrected chi connectivity index (χ2v) is 7.74. The van der Waals surface area contributed by atoms with Crippen LogP contribution in [-0.2, 0) is 4.79 Å². The molecule has 1 aromatic carbocycles. The fourth-order valence-corrected chi connectivity index (χ4v) is 4.16. The first-order valence-electron chi connectivity index (χ1n) is 8.42. The van der Waals surface area contributed by atoms with Gasteiger partial charge in [0.05, 0.1) is 19.0 Å². The van der Waals surface area contributed by atoms with E-state index >= 15 is 0 Å². The van der Waals surface area contributed by atoms with Gasteiger partial charge in [0.2, 0.25) is 5.91 Å². The van der Waals surface area contributed by atoms with Crippen molar-refractivity contribution < 1.29 is 14.3 Å². The number of nitrogens with zero attached hydrogens (tertiary/aromatic N) is 1. The summed E-state index contributed by atoms with van der Waals surface area (Å²) in [5, 5.41) is 0. The minimum Gasteiger partial charge on any atom is -0.490 e. The number of amides is 1. The Kier molecular flexibility index (Phi) is 5.36. The summed E-state index contributed by atoms with van der Waals surface area (Å²) in [5.41, 5.74) is 0. The lowest BCUT2D eigenvalue weighted by molar-refractivity contribution is -0.130. The van der Waals surface area contributed by atoms with Gasteiger partial charge in [-0.15, -0.1) is 11.8 Å². The number of carbonyl (C=O) groups is 1. The SMILES string of the molecule is CC1CC(C)CN(C(=O)CSc2ccc3c(c2)OCCCO3)C1. The van der Waals surface area contributed by atoms with Crippen LogP contribution >= 0.6 is 11.8 Å². The molecule has 2 heterocycles. The monoisotopic (exact) mass is 335 g/mol. The molecular formula is C18H25NO3S. The summed E-state index contributed by atoms with van der Waals surface area (Å²) in [5.74, 6) is 3.52. The molecule has 0 radical (unpaired) electrons. The highest BCUT2D eigenvalue weighted by atomic mass is 32.2. The van der Waals surface area contributed by atoms with Gasteiger partial charge in [-0.2, -0.15) is 0 Å². The van der Waals surface area contributed by atoms with E-state index in [0.29, 0.717) is 30.8 Å². The minimum atomic E-state index is 0.237. The normalized spacial score (nSPS) is 24.2. The number of hydrogen-bond acceptors (Lipinski definition) is 4. The van der Waals surface area contributed by atoms with Gasteiger partial charge in [0.1, 0.15) is 0 Å². The van der Waals surface area contributed by atoms with Crippen LogP contribution in [0.5, 0.6) is 11.5 Å². The van der Waals surface area contributed by atoms with E-state index in [0.717, 1.165) is 35.9 Å². The van der Waals surface area contributed by atoms with Crippen LogP contribution in [0.25, 0.3) is 0 Å². The zero-order valence-electron chi connectivity index (χ0n) is 13.9. The van der Waals surface area contributed by atoms with Crippen molar-refractivity contribution in [1.29, 1.82) is 0 Å². The zero-order valence-corrected chi connectivity index (χ0v) is 14.7. The van der Waals surface area contributed by atoms with Crippen LogP contribution < -0.4 is 9.47 Å². The van der Waals surface area contributed by atoms with E-state index in [-0.39, 0.29) is 5.91 Å². The van der Waals surface area contributed by atoms with E-state index < -0.39 is 0 Å². The molecule has 3 rings (SSSR count). The van der Waals surface area contributed by atoms with E-state index in [1.165, 1.54) is 6.42 Å². The topological polar surface area (TPSA) is 38.8 Å². The van der Waals surface area contributed by atoms with Crippen LogP contribution in [-0.4, -0.2) is 42.9 Å². The summed E-state index contributed by atoms with van der Waals surface area (Å²) in [7, 11) is 0. The van der Waals surface area contributed by atoms with E-state index in [9.17, 15) is 4.79 Å². The van der Waals surface area contributed by atoms with Crippen LogP contribution in [0.1, 0.15) is 26.7 Å². The van der Waals surface area contributed by atoms with Crippen molar-refractivity contribution in [2.24, 2.45) is 11.8 Å². The minimum absolute atomic E-state index is 0.237. The predicted molar refractivity (Wildman–Crippen MR) is 92.3 cm³/mol. The highest BCUT2D eigenvalue weighted by Crippen LogP contribution is 2.34. The third-order valence-electron chi connectivity index (χ3n) is 4.30. The van der Waals surface area contributed by atoms with E-state index in [4.69, 9.17) is 9.47 Å². The first kappa shape index (κ1) is 16.5. The third kappa shape index (κ3) is 4.34. The van der Waals surface area contributed by atoms with Crippen LogP contribution in [0.4, 0.5) is 0 Å². The number of hydrogen-bond donors (Lipinski definition) is 0. The molecule has 2 aliphatic heterocycles. The molecule has 4 nitrogen and oxygen atoms in total. The number of rotatable bonds is 3. The van der Waals surface area contributed by atoms with Gasteiger partial charge in [0, 0.05) is 24.4 Å². The summed E-state index contributed by atoms with van der Waals surface area (Å²) in [6, 6.07) is 5.94. The summed E-state index contributed by atoms with van der Waals surface area (Å²) in [4.78, 5) is 15.5. The Labute approximate surface area is 142 Å². The smallest absolute Gasteiger partial charge is 0.232 e. The van der Waals surface area contributed by atoms with Crippen LogP contribution in [0.15, 0.2) is 23.1 Å². The Morgan fingerprint density at radius 2 is 1.87 bits per heavy atom. The van der Waals surface area contributed by atoms with Crippen molar-refractivity contribution in [1.82, 2.24) is 4.90 Å². The van der Waals surface area contributed by atoms with E-state index in [1.807, 2.05) is 23.1 Å². The maximum absolute atomic E-state index is 12.5. The number of ether oxygens (including phenoxy) is 2. The molecule has 2 atom stereocenters. The van der Waals surface area contributed by atoms with Gasteiger partial charge in [-0.1, -0.05) is 13.8 Å². The first-order chi connectivity index (χ1) is 11.1. The lowest BCUT2D eigenvalue weighted by atomic mass is 9.92. The van der Waals surface area contributed by atoms with Gasteiger partial charge in [0.25, 0.3) is 0 Å². The standard InChI is InChI=1S/C18H25NO3S/c1-13-8-14(2)11-19(10-13)18(20)12-23-15-4-5-16-17(9-15)22-7-3-6-21-16/h4-5,9,13-14H,3,6-8,10-12H2,1-2H3. The molecule has 2 aliphatic rings. The highest BCUT2D eigenvalue weighted by Gasteiger charge is 2.25. The number of benzene rings is 1. The largest absolute Gasteiger partial charge is 0.490 e. The fourth-order valence-electron chi connectivity index (χ4n) is 3.34. The molecule has 1 fully saturated rings. The number of thioether (sulfide) groups is 1. The summed E-state index contributed by atoms with van der Waals surface area (Å²) in [6.45, 7) is 7.63. The zero-order chi connectivity index (χ0) is 16.2. The molecule has 1 amide bonds. The molecule has 5 heteroatoms. The van der Waals surface area contributed by atoms with Crippen LogP contribution in [0, 0.1) is 11.8 Å². The van der Waals surface area contributed by atoms with Crippen LogP contribution in [0.3, 0.4) is 0 Å². The van der Waals surface area contributed by atoms with Gasteiger partial charge in [-0.3, -0.25) is 4.79 Å². The molecule has 0 aromatic heterocycles. The number of likely N-dealkylation sites (tertiary alicyclic amines) is 1. The van der Waals surface area contributed by atoms with E-state index in [2.05, 4.69) is 13.8 Å². The van der Waals surface area contributed by atoms with Crippen molar-refractivity contribution in [3.05, 3.63) is 18.2 Å². The van der Waals surface area contributed by atoms with Crippen molar-refractivity contribution in [2.45, 2.75) is 31.6 Å². The fraction of sp³-hybridized carbons (Fsp3) is 0.611. The van der Waals surface area contributed by atoms with Crippen molar-refractivity contribution >= 4 is 17.7 Å². The summed E-state index contributed by atoms with van der Waals surface area (Å²) < 4.78 is 11.3. The molecule has 0 aliphatic carbocycles. The summed E-state index contributed by atoms with van der Waals surface area (Å²) >= 11 is 1.58. The van der Waals surface area contributed by atoms with Crippen molar-refractivity contribution in [2.75, 3.05) is 32.1 Å². The Bertz CT molecular complexity index is 553. The van der Waals surface area contributed by atoms with Gasteiger partial charge < -0.3 is 14.4 Å². The second kappa shape index (κ2) is 7.47. The lowest BCUT2D eigenvalue weighted by Gasteiger charge is -2.35. The average molecular weight is 335 g/mol. The lowest BCUT2D eigenvalue weighted by Crippen LogP contribution is -2.43. The Morgan fingerprint density at radius 1 is 1.17 bits per heavy atom. The molecule has 23 heavy (non-hydrogen) atoms. The van der Waals surface area contributed by atoms with Gasteiger partial charge >= 0.3 is 0 Å². The molecular weight excluding hydrogens is 310 g/mol. The molecule has 0 saturated carbocycles. The van der Waals surface area contributed by atoms with Crippen LogP contribution in [0.2, 0.25) is 0 Å². The van der Waals surface area contributed by atoms with Crippen molar-refractivity contribution in [3.8, 4) is 11.5 Å². The second-order valence-electron chi connectivity index (χ2n) is 6.69. The van der Waals surface area contributed by atoms with E-state index in [1.54, 1.807) is 11.8 Å². The summed E-state index contributed by atoms with van der Waals surface area (Å²) in [6.07, 6.45) is 2.13. The highest BCUT2D eigenvalue weighted by molar-refractivity contribution is 8.00. The molecule has 1 aromatic rings. The molecule has 1 saturated heterocycles. The Balaban J connectivity index is 1.57.